The summed E-state index contributed by atoms with van der Waals surface area (Å²) < 4.78 is 15.7. The van der Waals surface area contributed by atoms with Gasteiger partial charge in [0.2, 0.25) is 11.8 Å². The number of nitrogens with zero attached hydrogens (tertiary/aromatic N) is 1. The van der Waals surface area contributed by atoms with Crippen LogP contribution in [0.1, 0.15) is 12.8 Å². The molecule has 6 nitrogen and oxygen atoms in total. The van der Waals surface area contributed by atoms with Crippen LogP contribution in [0.5, 0.6) is 0 Å². The van der Waals surface area contributed by atoms with Crippen molar-refractivity contribution in [3.05, 3.63) is 38.5 Å². The van der Waals surface area contributed by atoms with E-state index in [9.17, 15) is 9.59 Å². The third-order valence-electron chi connectivity index (χ3n) is 2.30. The Morgan fingerprint density at radius 3 is 1.72 bits per heavy atom. The number of imide groups is 1. The van der Waals surface area contributed by atoms with Gasteiger partial charge >= 0.3 is 8.80 Å². The fraction of sp³-hybridized carbons (Fsp3) is 0.273. The molecule has 0 aromatic heterocycles. The molecule has 98 valence electrons. The zero-order chi connectivity index (χ0) is 13.6. The minimum absolute atomic E-state index is 0.0886. The molecule has 0 spiro atoms. The quantitative estimate of drug-likeness (QED) is 0.375. The number of rotatable bonds is 8. The molecular weight excluding hydrogens is 254 g/mol. The van der Waals surface area contributed by atoms with Crippen molar-refractivity contribution >= 4 is 20.6 Å². The first-order valence-corrected chi connectivity index (χ1v) is 7.21. The number of likely N-dealkylation sites (tertiary alicyclic amines) is 1. The first kappa shape index (κ1) is 14.0. The number of carbonyl (C=O) groups is 2. The van der Waals surface area contributed by atoms with Crippen LogP contribution in [0.2, 0.25) is 0 Å². The van der Waals surface area contributed by atoms with E-state index in [-0.39, 0.29) is 30.8 Å². The third kappa shape index (κ3) is 3.01. The maximum atomic E-state index is 11.6. The lowest BCUT2D eigenvalue weighted by Gasteiger charge is -2.28. The van der Waals surface area contributed by atoms with E-state index in [0.29, 0.717) is 0 Å². The van der Waals surface area contributed by atoms with Gasteiger partial charge in [0.15, 0.2) is 0 Å². The summed E-state index contributed by atoms with van der Waals surface area (Å²) >= 11 is 0. The van der Waals surface area contributed by atoms with Crippen LogP contribution in [0.25, 0.3) is 0 Å². The molecule has 1 aliphatic heterocycles. The zero-order valence-electron chi connectivity index (χ0n) is 9.96. The first-order valence-electron chi connectivity index (χ1n) is 5.28. The summed E-state index contributed by atoms with van der Waals surface area (Å²) in [6.45, 7) is 10.3. The predicted molar refractivity (Wildman–Crippen MR) is 65.6 cm³/mol. The molecule has 0 bridgehead atoms. The molecule has 0 atom stereocenters. The molecule has 0 saturated carbocycles. The van der Waals surface area contributed by atoms with Crippen molar-refractivity contribution in [1.82, 2.24) is 4.90 Å². The molecule has 0 radical (unpaired) electrons. The fourth-order valence-electron chi connectivity index (χ4n) is 1.57. The molecule has 1 saturated heterocycles. The standard InChI is InChI=1S/C11H15NO5Si/c1-4-15-18(16-5-2,17-6-3)9-12-10(13)7-8-11(12)14/h4-6H,1-3,7-9H2. The SMILES string of the molecule is C=CO[Si](CN1C(=O)CCC1=O)(OC=C)OC=C. The van der Waals surface area contributed by atoms with E-state index in [1.54, 1.807) is 0 Å². The van der Waals surface area contributed by atoms with Gasteiger partial charge in [-0.25, -0.2) is 0 Å². The van der Waals surface area contributed by atoms with Gasteiger partial charge in [-0.3, -0.25) is 14.5 Å². The van der Waals surface area contributed by atoms with Crippen LogP contribution in [-0.4, -0.2) is 31.7 Å². The lowest BCUT2D eigenvalue weighted by atomic mass is 10.4. The molecule has 1 heterocycles. The molecule has 1 aliphatic rings. The average molecular weight is 269 g/mol. The van der Waals surface area contributed by atoms with Crippen LogP contribution in [-0.2, 0) is 22.9 Å². The van der Waals surface area contributed by atoms with Gasteiger partial charge in [0, 0.05) is 12.8 Å². The molecule has 0 aromatic carbocycles. The fourth-order valence-corrected chi connectivity index (χ4v) is 3.46. The highest BCUT2D eigenvalue weighted by Crippen LogP contribution is 2.19. The van der Waals surface area contributed by atoms with Gasteiger partial charge < -0.3 is 13.3 Å². The van der Waals surface area contributed by atoms with E-state index in [0.717, 1.165) is 23.7 Å². The van der Waals surface area contributed by atoms with Crippen molar-refractivity contribution in [1.29, 1.82) is 0 Å². The summed E-state index contributed by atoms with van der Waals surface area (Å²) in [7, 11) is -3.31. The van der Waals surface area contributed by atoms with Crippen LogP contribution >= 0.6 is 0 Å². The minimum atomic E-state index is -3.31. The molecule has 2 amide bonds. The summed E-state index contributed by atoms with van der Waals surface area (Å²) in [5, 5.41) is 0. The van der Waals surface area contributed by atoms with Gasteiger partial charge in [0.05, 0.1) is 18.8 Å². The Balaban J connectivity index is 2.90. The molecule has 1 fully saturated rings. The Bertz CT molecular complexity index is 339. The highest BCUT2D eigenvalue weighted by molar-refractivity contribution is 6.62. The second kappa shape index (κ2) is 6.06. The zero-order valence-corrected chi connectivity index (χ0v) is 11.0. The summed E-state index contributed by atoms with van der Waals surface area (Å²) in [6, 6.07) is 0. The number of hydrogen-bond acceptors (Lipinski definition) is 5. The normalized spacial score (nSPS) is 15.2. The lowest BCUT2D eigenvalue weighted by molar-refractivity contribution is -0.138. The van der Waals surface area contributed by atoms with Crippen molar-refractivity contribution in [3.8, 4) is 0 Å². The molecule has 7 heteroatoms. The summed E-state index contributed by atoms with van der Waals surface area (Å²) in [5.41, 5.74) is 0. The Labute approximate surface area is 106 Å². The summed E-state index contributed by atoms with van der Waals surface area (Å²) in [4.78, 5) is 24.2. The van der Waals surface area contributed by atoms with Gasteiger partial charge in [-0.15, -0.1) is 0 Å². The van der Waals surface area contributed by atoms with Gasteiger partial charge in [0.25, 0.3) is 0 Å². The molecule has 0 aromatic rings. The van der Waals surface area contributed by atoms with Gasteiger partial charge in [-0.2, -0.15) is 0 Å². The lowest BCUT2D eigenvalue weighted by Crippen LogP contribution is -2.54. The number of amides is 2. The number of carbonyl (C=O) groups excluding carboxylic acids is 2. The van der Waals surface area contributed by atoms with Crippen molar-refractivity contribution in [2.75, 3.05) is 6.17 Å². The summed E-state index contributed by atoms with van der Waals surface area (Å²) in [5.74, 6) is -0.547. The molecule has 0 aliphatic carbocycles. The van der Waals surface area contributed by atoms with Crippen molar-refractivity contribution in [2.45, 2.75) is 12.8 Å². The molecule has 18 heavy (non-hydrogen) atoms. The first-order chi connectivity index (χ1) is 8.58. The van der Waals surface area contributed by atoms with E-state index in [1.165, 1.54) is 0 Å². The highest BCUT2D eigenvalue weighted by atomic mass is 28.4. The van der Waals surface area contributed by atoms with Gasteiger partial charge in [-0.1, -0.05) is 19.7 Å². The Morgan fingerprint density at radius 1 is 1.00 bits per heavy atom. The van der Waals surface area contributed by atoms with Crippen molar-refractivity contribution in [3.63, 3.8) is 0 Å². The van der Waals surface area contributed by atoms with Crippen LogP contribution in [0.3, 0.4) is 0 Å². The maximum absolute atomic E-state index is 11.6. The molecule has 1 rings (SSSR count). The Hall–Kier alpha value is -2.02. The van der Waals surface area contributed by atoms with Crippen molar-refractivity contribution in [2.24, 2.45) is 0 Å². The Morgan fingerprint density at radius 2 is 1.39 bits per heavy atom. The topological polar surface area (TPSA) is 65.1 Å². The number of hydrogen-bond donors (Lipinski definition) is 0. The molecular formula is C11H15NO5Si. The second-order valence-corrected chi connectivity index (χ2v) is 5.80. The smallest absolute Gasteiger partial charge is 0.490 e. The van der Waals surface area contributed by atoms with Gasteiger partial charge in [0.1, 0.15) is 6.17 Å². The van der Waals surface area contributed by atoms with Crippen LogP contribution < -0.4 is 0 Å². The van der Waals surface area contributed by atoms with E-state index in [2.05, 4.69) is 19.7 Å². The van der Waals surface area contributed by atoms with Crippen LogP contribution in [0, 0.1) is 0 Å². The van der Waals surface area contributed by atoms with E-state index < -0.39 is 8.80 Å². The molecule has 0 unspecified atom stereocenters. The highest BCUT2D eigenvalue weighted by Gasteiger charge is 2.51. The van der Waals surface area contributed by atoms with E-state index in [4.69, 9.17) is 13.3 Å². The second-order valence-electron chi connectivity index (χ2n) is 3.41. The maximum Gasteiger partial charge on any atom is 0.719 e. The monoisotopic (exact) mass is 269 g/mol. The third-order valence-corrected chi connectivity index (χ3v) is 4.58. The molecule has 0 N–H and O–H groups in total. The van der Waals surface area contributed by atoms with Crippen molar-refractivity contribution < 1.29 is 22.9 Å². The predicted octanol–water partition coefficient (Wildman–Crippen LogP) is 1.09. The van der Waals surface area contributed by atoms with E-state index in [1.807, 2.05) is 0 Å². The minimum Gasteiger partial charge on any atom is -0.490 e. The largest absolute Gasteiger partial charge is 0.719 e. The Kier molecular flexibility index (Phi) is 4.72. The average Bonchev–Trinajstić information content (AvgIpc) is 2.62. The van der Waals surface area contributed by atoms with Gasteiger partial charge in [-0.05, 0) is 0 Å². The van der Waals surface area contributed by atoms with E-state index >= 15 is 0 Å². The van der Waals surface area contributed by atoms with Crippen LogP contribution in [0.15, 0.2) is 38.5 Å². The summed E-state index contributed by atoms with van der Waals surface area (Å²) in [6.07, 6.45) is 3.73. The van der Waals surface area contributed by atoms with Crippen LogP contribution in [0.4, 0.5) is 0 Å².